The molecule has 1 aromatic heterocycles. The molecule has 2 atom stereocenters. The number of rotatable bonds is 9. The number of esters is 1. The van der Waals surface area contributed by atoms with Crippen molar-refractivity contribution < 1.29 is 42.2 Å². The van der Waals surface area contributed by atoms with Crippen LogP contribution in [0.2, 0.25) is 0 Å². The molecule has 0 fully saturated rings. The normalized spacial score (nSPS) is 15.6. The van der Waals surface area contributed by atoms with Gasteiger partial charge in [0.1, 0.15) is 12.1 Å². The van der Waals surface area contributed by atoms with Crippen LogP contribution in [0.3, 0.4) is 0 Å². The minimum absolute atomic E-state index is 0.169. The Morgan fingerprint density at radius 3 is 2.38 bits per heavy atom. The molecule has 0 spiro atoms. The number of alkyl halides is 3. The third-order valence-corrected chi connectivity index (χ3v) is 6.79. The summed E-state index contributed by atoms with van der Waals surface area (Å²) in [4.78, 5) is 53.4. The van der Waals surface area contributed by atoms with Crippen molar-refractivity contribution in [3.8, 4) is 0 Å². The van der Waals surface area contributed by atoms with E-state index in [1.807, 2.05) is 54.6 Å². The SMILES string of the molecule is COC(=O)[C@H](CCCCN)N1Cc2[nH]c3ccccc3c2C[C@@H](NC(=O)Cc2ccccc2)C1=O.O=C(O)C(F)(F)F. The largest absolute Gasteiger partial charge is 0.490 e. The number of ether oxygens (including phenoxy) is 1. The number of aromatic amines is 1. The molecule has 1 aliphatic heterocycles. The summed E-state index contributed by atoms with van der Waals surface area (Å²) in [5.74, 6) is -3.75. The van der Waals surface area contributed by atoms with E-state index in [0.717, 1.165) is 34.1 Å². The quantitative estimate of drug-likeness (QED) is 0.221. The van der Waals surface area contributed by atoms with Crippen molar-refractivity contribution in [3.63, 3.8) is 0 Å². The first kappa shape index (κ1) is 32.1. The van der Waals surface area contributed by atoms with Gasteiger partial charge in [-0.05, 0) is 43.0 Å². The third-order valence-electron chi connectivity index (χ3n) is 6.79. The maximum Gasteiger partial charge on any atom is 0.490 e. The fourth-order valence-corrected chi connectivity index (χ4v) is 4.79. The molecule has 3 aromatic rings. The monoisotopic (exact) mass is 590 g/mol. The zero-order chi connectivity index (χ0) is 30.9. The second-order valence-corrected chi connectivity index (χ2v) is 9.71. The van der Waals surface area contributed by atoms with Crippen molar-refractivity contribution in [2.75, 3.05) is 13.7 Å². The van der Waals surface area contributed by atoms with Gasteiger partial charge in [0.2, 0.25) is 11.8 Å². The first-order valence-corrected chi connectivity index (χ1v) is 13.3. The molecule has 4 rings (SSSR count). The van der Waals surface area contributed by atoms with Gasteiger partial charge < -0.3 is 30.8 Å². The van der Waals surface area contributed by atoms with Crippen LogP contribution in [0, 0.1) is 0 Å². The van der Waals surface area contributed by atoms with Crippen LogP contribution in [-0.2, 0) is 43.3 Å². The van der Waals surface area contributed by atoms with E-state index in [2.05, 4.69) is 10.3 Å². The Bertz CT molecular complexity index is 1390. The zero-order valence-corrected chi connectivity index (χ0v) is 22.9. The Morgan fingerprint density at radius 2 is 1.76 bits per heavy atom. The molecule has 1 aliphatic rings. The van der Waals surface area contributed by atoms with Crippen LogP contribution in [0.15, 0.2) is 54.6 Å². The summed E-state index contributed by atoms with van der Waals surface area (Å²) in [6.45, 7) is 0.739. The van der Waals surface area contributed by atoms with E-state index in [-0.39, 0.29) is 24.8 Å². The van der Waals surface area contributed by atoms with Crippen molar-refractivity contribution in [2.45, 2.75) is 56.9 Å². The number of nitrogens with zero attached hydrogens (tertiary/aromatic N) is 1. The van der Waals surface area contributed by atoms with E-state index in [1.165, 1.54) is 7.11 Å². The summed E-state index contributed by atoms with van der Waals surface area (Å²) >= 11 is 0. The average molecular weight is 591 g/mol. The predicted molar refractivity (Wildman–Crippen MR) is 147 cm³/mol. The molecule has 226 valence electrons. The van der Waals surface area contributed by atoms with Gasteiger partial charge in [-0.15, -0.1) is 0 Å². The van der Waals surface area contributed by atoms with Crippen molar-refractivity contribution in [1.29, 1.82) is 0 Å². The van der Waals surface area contributed by atoms with E-state index in [9.17, 15) is 27.6 Å². The fraction of sp³-hybridized carbons (Fsp3) is 0.379. The average Bonchev–Trinajstić information content (AvgIpc) is 3.24. The van der Waals surface area contributed by atoms with Gasteiger partial charge in [-0.2, -0.15) is 13.2 Å². The number of carbonyl (C=O) groups is 4. The maximum absolute atomic E-state index is 13.8. The number of methoxy groups -OCH3 is 1. The summed E-state index contributed by atoms with van der Waals surface area (Å²) in [5.41, 5.74) is 9.32. The fourth-order valence-electron chi connectivity index (χ4n) is 4.79. The number of para-hydroxylation sites is 1. The minimum atomic E-state index is -5.08. The van der Waals surface area contributed by atoms with Gasteiger partial charge in [-0.1, -0.05) is 48.5 Å². The van der Waals surface area contributed by atoms with Gasteiger partial charge in [-0.25, -0.2) is 9.59 Å². The van der Waals surface area contributed by atoms with E-state index in [4.69, 9.17) is 20.4 Å². The minimum Gasteiger partial charge on any atom is -0.475 e. The Hall–Kier alpha value is -4.39. The smallest absolute Gasteiger partial charge is 0.475 e. The molecule has 10 nitrogen and oxygen atoms in total. The van der Waals surface area contributed by atoms with Crippen molar-refractivity contribution in [2.24, 2.45) is 5.73 Å². The van der Waals surface area contributed by atoms with E-state index in [0.29, 0.717) is 25.8 Å². The Morgan fingerprint density at radius 1 is 1.12 bits per heavy atom. The van der Waals surface area contributed by atoms with Crippen LogP contribution >= 0.6 is 0 Å². The topological polar surface area (TPSA) is 155 Å². The van der Waals surface area contributed by atoms with Gasteiger partial charge in [0.15, 0.2) is 0 Å². The Kier molecular flexibility index (Phi) is 11.1. The van der Waals surface area contributed by atoms with Gasteiger partial charge >= 0.3 is 18.1 Å². The molecule has 0 saturated heterocycles. The lowest BCUT2D eigenvalue weighted by Gasteiger charge is -2.31. The highest BCUT2D eigenvalue weighted by molar-refractivity contribution is 5.94. The maximum atomic E-state index is 13.8. The molecule has 0 radical (unpaired) electrons. The molecule has 0 bridgehead atoms. The lowest BCUT2D eigenvalue weighted by atomic mass is 10.0. The molecule has 42 heavy (non-hydrogen) atoms. The second kappa shape index (κ2) is 14.5. The second-order valence-electron chi connectivity index (χ2n) is 9.71. The van der Waals surface area contributed by atoms with Crippen LogP contribution in [0.1, 0.15) is 36.1 Å². The van der Waals surface area contributed by atoms with Crippen LogP contribution in [0.5, 0.6) is 0 Å². The van der Waals surface area contributed by atoms with Crippen molar-refractivity contribution >= 4 is 34.7 Å². The van der Waals surface area contributed by atoms with E-state index < -0.39 is 30.2 Å². The number of carboxylic acids is 1. The highest BCUT2D eigenvalue weighted by Crippen LogP contribution is 2.29. The molecular formula is C29H33F3N4O6. The highest BCUT2D eigenvalue weighted by Gasteiger charge is 2.39. The number of carboxylic acid groups (broad SMARTS) is 1. The van der Waals surface area contributed by atoms with Crippen molar-refractivity contribution in [1.82, 2.24) is 15.2 Å². The number of hydrogen-bond acceptors (Lipinski definition) is 6. The van der Waals surface area contributed by atoms with Crippen LogP contribution in [0.4, 0.5) is 13.2 Å². The number of amides is 2. The predicted octanol–water partition coefficient (Wildman–Crippen LogP) is 3.08. The third kappa shape index (κ3) is 8.32. The highest BCUT2D eigenvalue weighted by atomic mass is 19.4. The number of unbranched alkanes of at least 4 members (excludes halogenated alkanes) is 1. The molecular weight excluding hydrogens is 557 g/mol. The number of hydrogen-bond donors (Lipinski definition) is 4. The summed E-state index contributed by atoms with van der Waals surface area (Å²) in [7, 11) is 1.33. The summed E-state index contributed by atoms with van der Waals surface area (Å²) in [6.07, 6.45) is -2.71. The first-order chi connectivity index (χ1) is 20.0. The van der Waals surface area contributed by atoms with Crippen LogP contribution in [0.25, 0.3) is 10.9 Å². The van der Waals surface area contributed by atoms with Gasteiger partial charge in [0, 0.05) is 23.0 Å². The molecule has 0 aliphatic carbocycles. The van der Waals surface area contributed by atoms with Crippen LogP contribution in [-0.4, -0.2) is 70.7 Å². The molecule has 0 saturated carbocycles. The summed E-state index contributed by atoms with van der Waals surface area (Å²) in [5, 5.41) is 11.1. The Labute approximate surface area is 240 Å². The van der Waals surface area contributed by atoms with E-state index >= 15 is 0 Å². The number of halogens is 3. The molecule has 5 N–H and O–H groups in total. The molecule has 13 heteroatoms. The van der Waals surface area contributed by atoms with Gasteiger partial charge in [0.25, 0.3) is 0 Å². The number of aromatic nitrogens is 1. The standard InChI is InChI=1S/C27H32N4O4.C2HF3O2/c1-35-27(34)24(13-7-8-14-28)31-17-23-20(19-11-5-6-12-21(19)29-23)16-22(26(31)33)30-25(32)15-18-9-3-2-4-10-18;3-2(4,5)1(6)7/h2-6,9-12,22,24,29H,7-8,13-17,28H2,1H3,(H,30,32);(H,6,7)/t22-,24+;/m1./s1. The molecule has 2 aromatic carbocycles. The molecule has 0 unspecified atom stereocenters. The van der Waals surface area contributed by atoms with Crippen molar-refractivity contribution in [3.05, 3.63) is 71.4 Å². The number of nitrogens with two attached hydrogens (primary N) is 1. The lowest BCUT2D eigenvalue weighted by Crippen LogP contribution is -2.53. The molecule has 2 heterocycles. The number of carbonyl (C=O) groups excluding carboxylic acids is 3. The van der Waals surface area contributed by atoms with Crippen LogP contribution < -0.4 is 11.1 Å². The van der Waals surface area contributed by atoms with E-state index in [1.54, 1.807) is 4.90 Å². The lowest BCUT2D eigenvalue weighted by molar-refractivity contribution is -0.192. The number of H-pyrrole nitrogens is 1. The number of fused-ring (bicyclic) bond motifs is 3. The number of nitrogens with one attached hydrogen (secondary N) is 2. The Balaban J connectivity index is 0.000000616. The number of aliphatic carboxylic acids is 1. The number of benzene rings is 2. The summed E-state index contributed by atoms with van der Waals surface area (Å²) < 4.78 is 36.8. The van der Waals surface area contributed by atoms with Gasteiger partial charge in [-0.3, -0.25) is 9.59 Å². The molecule has 2 amide bonds. The van der Waals surface area contributed by atoms with Gasteiger partial charge in [0.05, 0.1) is 20.1 Å². The first-order valence-electron chi connectivity index (χ1n) is 13.3. The summed E-state index contributed by atoms with van der Waals surface area (Å²) in [6, 6.07) is 15.7. The zero-order valence-electron chi connectivity index (χ0n) is 22.9.